The van der Waals surface area contributed by atoms with Crippen LogP contribution in [0.15, 0.2) is 81.6 Å². The molecule has 0 saturated heterocycles. The van der Waals surface area contributed by atoms with E-state index in [0.29, 0.717) is 5.39 Å². The molecular weight excluding hydrogens is 374 g/mol. The molecule has 27 heavy (non-hydrogen) atoms. The van der Waals surface area contributed by atoms with Gasteiger partial charge in [0.15, 0.2) is 0 Å². The first-order chi connectivity index (χ1) is 13.3. The lowest BCUT2D eigenvalue weighted by molar-refractivity contribution is 0.819. The van der Waals surface area contributed by atoms with E-state index >= 15 is 0 Å². The number of fused-ring (bicyclic) bond motifs is 2. The second-order valence-corrected chi connectivity index (χ2v) is 7.86. The van der Waals surface area contributed by atoms with Gasteiger partial charge in [-0.2, -0.15) is 9.78 Å². The molecule has 5 aromatic rings. The van der Waals surface area contributed by atoms with Crippen LogP contribution in [0.5, 0.6) is 0 Å². The minimum Gasteiger partial charge on any atom is -0.267 e. The van der Waals surface area contributed by atoms with Crippen LogP contribution in [0.25, 0.3) is 31.4 Å². The van der Waals surface area contributed by atoms with E-state index in [1.165, 1.54) is 27.7 Å². The Labute approximate surface area is 162 Å². The molecule has 130 valence electrons. The van der Waals surface area contributed by atoms with Gasteiger partial charge in [0, 0.05) is 15.8 Å². The Morgan fingerprint density at radius 1 is 1.00 bits per heavy atom. The van der Waals surface area contributed by atoms with Gasteiger partial charge in [0.2, 0.25) is 0 Å². The molecule has 6 heteroatoms. The topological polar surface area (TPSA) is 47.2 Å². The van der Waals surface area contributed by atoms with Crippen molar-refractivity contribution in [3.8, 4) is 10.4 Å². The van der Waals surface area contributed by atoms with Crippen molar-refractivity contribution in [1.29, 1.82) is 0 Å². The molecule has 0 radical (unpaired) electrons. The zero-order chi connectivity index (χ0) is 18.2. The van der Waals surface area contributed by atoms with Gasteiger partial charge in [-0.3, -0.25) is 4.79 Å². The SMILES string of the molecule is O=c1c2c(-c3cccs3)csc2ncn1/N=C\c1ccc2ccccc2c1. The molecular formula is C21H13N3OS2. The molecule has 3 aromatic heterocycles. The molecule has 4 nitrogen and oxygen atoms in total. The third kappa shape index (κ3) is 2.89. The molecule has 5 rings (SSSR count). The highest BCUT2D eigenvalue weighted by atomic mass is 32.1. The fraction of sp³-hybridized carbons (Fsp3) is 0. The molecule has 0 aliphatic heterocycles. The van der Waals surface area contributed by atoms with Gasteiger partial charge < -0.3 is 0 Å². The quantitative estimate of drug-likeness (QED) is 0.398. The Hall–Kier alpha value is -3.09. The molecule has 0 unspecified atom stereocenters. The second-order valence-electron chi connectivity index (χ2n) is 6.05. The van der Waals surface area contributed by atoms with Crippen molar-refractivity contribution in [3.05, 3.63) is 87.6 Å². The van der Waals surface area contributed by atoms with Gasteiger partial charge in [0.25, 0.3) is 5.56 Å². The van der Waals surface area contributed by atoms with Crippen molar-refractivity contribution in [1.82, 2.24) is 9.66 Å². The van der Waals surface area contributed by atoms with Gasteiger partial charge >= 0.3 is 0 Å². The zero-order valence-corrected chi connectivity index (χ0v) is 15.7. The Bertz CT molecular complexity index is 1350. The summed E-state index contributed by atoms with van der Waals surface area (Å²) in [4.78, 5) is 19.2. The zero-order valence-electron chi connectivity index (χ0n) is 14.1. The Morgan fingerprint density at radius 3 is 2.74 bits per heavy atom. The number of aromatic nitrogens is 2. The smallest absolute Gasteiger partial charge is 0.267 e. The summed E-state index contributed by atoms with van der Waals surface area (Å²) in [6, 6.07) is 18.2. The minimum atomic E-state index is -0.151. The third-order valence-corrected chi connectivity index (χ3v) is 6.16. The molecule has 0 atom stereocenters. The molecule has 0 bridgehead atoms. The van der Waals surface area contributed by atoms with E-state index in [2.05, 4.69) is 34.4 Å². The molecule has 0 spiro atoms. The summed E-state index contributed by atoms with van der Waals surface area (Å²) < 4.78 is 1.31. The average Bonchev–Trinajstić information content (AvgIpc) is 3.37. The molecule has 0 amide bonds. The maximum atomic E-state index is 13.0. The van der Waals surface area contributed by atoms with Gasteiger partial charge in [-0.25, -0.2) is 4.98 Å². The first-order valence-electron chi connectivity index (χ1n) is 8.35. The van der Waals surface area contributed by atoms with Crippen LogP contribution in [0, 0.1) is 0 Å². The van der Waals surface area contributed by atoms with E-state index in [0.717, 1.165) is 26.2 Å². The average molecular weight is 387 g/mol. The Balaban J connectivity index is 1.58. The van der Waals surface area contributed by atoms with Crippen molar-refractivity contribution in [3.63, 3.8) is 0 Å². The standard InChI is InChI=1S/C21H13N3OS2/c25-21-19-17(18-6-3-9-26-18)12-27-20(19)22-13-24(21)23-11-14-7-8-15-4-1-2-5-16(15)10-14/h1-13H/b23-11-. The second kappa shape index (κ2) is 6.57. The summed E-state index contributed by atoms with van der Waals surface area (Å²) in [5.74, 6) is 0. The molecule has 2 aromatic carbocycles. The number of thiophene rings is 2. The van der Waals surface area contributed by atoms with Crippen LogP contribution in [0.2, 0.25) is 0 Å². The largest absolute Gasteiger partial charge is 0.283 e. The highest BCUT2D eigenvalue weighted by Crippen LogP contribution is 2.33. The normalized spacial score (nSPS) is 11.7. The van der Waals surface area contributed by atoms with Crippen molar-refractivity contribution in [2.24, 2.45) is 5.10 Å². The summed E-state index contributed by atoms with van der Waals surface area (Å²) in [5, 5.41) is 11.3. The highest BCUT2D eigenvalue weighted by molar-refractivity contribution is 7.18. The van der Waals surface area contributed by atoms with E-state index in [4.69, 9.17) is 0 Å². The van der Waals surface area contributed by atoms with Crippen LogP contribution in [0.1, 0.15) is 5.56 Å². The van der Waals surface area contributed by atoms with Crippen molar-refractivity contribution < 1.29 is 0 Å². The lowest BCUT2D eigenvalue weighted by atomic mass is 10.1. The lowest BCUT2D eigenvalue weighted by Gasteiger charge is -2.01. The van der Waals surface area contributed by atoms with E-state index < -0.39 is 0 Å². The fourth-order valence-corrected chi connectivity index (χ4v) is 4.76. The van der Waals surface area contributed by atoms with Gasteiger partial charge in [0.1, 0.15) is 11.2 Å². The third-order valence-electron chi connectivity index (χ3n) is 4.37. The minimum absolute atomic E-state index is 0.151. The van der Waals surface area contributed by atoms with Crippen LogP contribution < -0.4 is 5.56 Å². The molecule has 3 heterocycles. The maximum Gasteiger partial charge on any atom is 0.283 e. The molecule has 0 aliphatic rings. The summed E-state index contributed by atoms with van der Waals surface area (Å²) in [7, 11) is 0. The fourth-order valence-electron chi connectivity index (χ4n) is 3.04. The van der Waals surface area contributed by atoms with E-state index in [1.807, 2.05) is 41.1 Å². The maximum absolute atomic E-state index is 13.0. The predicted octanol–water partition coefficient (Wildman–Crippen LogP) is 5.22. The van der Waals surface area contributed by atoms with E-state index in [1.54, 1.807) is 17.6 Å². The van der Waals surface area contributed by atoms with Crippen molar-refractivity contribution in [2.75, 3.05) is 0 Å². The Kier molecular flexibility index (Phi) is 3.92. The van der Waals surface area contributed by atoms with Crippen LogP contribution >= 0.6 is 22.7 Å². The van der Waals surface area contributed by atoms with Crippen molar-refractivity contribution in [2.45, 2.75) is 0 Å². The van der Waals surface area contributed by atoms with Crippen LogP contribution in [-0.4, -0.2) is 15.9 Å². The molecule has 0 N–H and O–H groups in total. The van der Waals surface area contributed by atoms with Crippen LogP contribution in [-0.2, 0) is 0 Å². The summed E-state index contributed by atoms with van der Waals surface area (Å²) in [6.45, 7) is 0. The number of hydrogen-bond donors (Lipinski definition) is 0. The first kappa shape index (κ1) is 16.1. The van der Waals surface area contributed by atoms with Gasteiger partial charge in [-0.05, 0) is 33.8 Å². The highest BCUT2D eigenvalue weighted by Gasteiger charge is 2.13. The first-order valence-corrected chi connectivity index (χ1v) is 10.1. The summed E-state index contributed by atoms with van der Waals surface area (Å²) in [5.41, 5.74) is 1.71. The molecule has 0 aliphatic carbocycles. The summed E-state index contributed by atoms with van der Waals surface area (Å²) >= 11 is 3.09. The van der Waals surface area contributed by atoms with Crippen LogP contribution in [0.4, 0.5) is 0 Å². The lowest BCUT2D eigenvalue weighted by Crippen LogP contribution is -2.16. The number of nitrogens with zero attached hydrogens (tertiary/aromatic N) is 3. The van der Waals surface area contributed by atoms with Gasteiger partial charge in [0.05, 0.1) is 11.6 Å². The molecule has 0 fully saturated rings. The monoisotopic (exact) mass is 387 g/mol. The van der Waals surface area contributed by atoms with E-state index in [9.17, 15) is 4.79 Å². The number of hydrogen-bond acceptors (Lipinski definition) is 5. The predicted molar refractivity (Wildman–Crippen MR) is 114 cm³/mol. The van der Waals surface area contributed by atoms with Crippen molar-refractivity contribution >= 4 is 49.9 Å². The van der Waals surface area contributed by atoms with Crippen LogP contribution in [0.3, 0.4) is 0 Å². The Morgan fingerprint density at radius 2 is 1.89 bits per heavy atom. The van der Waals surface area contributed by atoms with Gasteiger partial charge in [-0.1, -0.05) is 42.5 Å². The summed E-state index contributed by atoms with van der Waals surface area (Å²) in [6.07, 6.45) is 3.18. The molecule has 0 saturated carbocycles. The van der Waals surface area contributed by atoms with Gasteiger partial charge in [-0.15, -0.1) is 22.7 Å². The number of rotatable bonds is 3. The number of benzene rings is 2. The van der Waals surface area contributed by atoms with E-state index in [-0.39, 0.29) is 5.56 Å².